The maximum absolute atomic E-state index is 9.44. The van der Waals surface area contributed by atoms with E-state index in [1.807, 2.05) is 0 Å². The summed E-state index contributed by atoms with van der Waals surface area (Å²) in [5.41, 5.74) is 2.53. The zero-order chi connectivity index (χ0) is 12.0. The van der Waals surface area contributed by atoms with Crippen LogP contribution in [0.15, 0.2) is 18.2 Å². The number of ether oxygens (including phenoxy) is 1. The summed E-state index contributed by atoms with van der Waals surface area (Å²) in [5, 5.41) is 10.3. The molecule has 4 nitrogen and oxygen atoms in total. The molecule has 0 aliphatic carbocycles. The van der Waals surface area contributed by atoms with Gasteiger partial charge < -0.3 is 14.7 Å². The summed E-state index contributed by atoms with van der Waals surface area (Å²) >= 11 is 11.6. The molecule has 1 atom stereocenters. The van der Waals surface area contributed by atoms with Gasteiger partial charge in [-0.05, 0) is 12.1 Å². The quantitative estimate of drug-likeness (QED) is 0.772. The van der Waals surface area contributed by atoms with Gasteiger partial charge in [0, 0.05) is 6.07 Å². The van der Waals surface area contributed by atoms with Crippen molar-refractivity contribution in [3.8, 4) is 5.75 Å². The standard InChI is InChI=1S/C10H13Cl2NO3/c1-15-13-5-7(14)6-16-8-2-3-9(11)10(12)4-8/h2-4,7,13-14H,5-6H2,1H3. The van der Waals surface area contributed by atoms with Crippen molar-refractivity contribution < 1.29 is 14.7 Å². The third-order valence-corrected chi connectivity index (χ3v) is 2.54. The smallest absolute Gasteiger partial charge is 0.121 e. The first kappa shape index (κ1) is 13.5. The molecule has 0 aliphatic heterocycles. The molecule has 0 radical (unpaired) electrons. The molecule has 0 heterocycles. The van der Waals surface area contributed by atoms with Gasteiger partial charge in [0.05, 0.1) is 23.7 Å². The number of hydrogen-bond donors (Lipinski definition) is 2. The molecular formula is C10H13Cl2NO3. The summed E-state index contributed by atoms with van der Waals surface area (Å²) in [4.78, 5) is 4.60. The Hall–Kier alpha value is -0.520. The van der Waals surface area contributed by atoms with Crippen molar-refractivity contribution in [2.24, 2.45) is 0 Å². The molecule has 0 spiro atoms. The Morgan fingerprint density at radius 2 is 2.12 bits per heavy atom. The molecule has 0 bridgehead atoms. The second-order valence-electron chi connectivity index (χ2n) is 3.09. The lowest BCUT2D eigenvalue weighted by Crippen LogP contribution is -2.30. The van der Waals surface area contributed by atoms with E-state index in [1.54, 1.807) is 18.2 Å². The zero-order valence-electron chi connectivity index (χ0n) is 8.74. The molecule has 6 heteroatoms. The highest BCUT2D eigenvalue weighted by Crippen LogP contribution is 2.26. The van der Waals surface area contributed by atoms with Crippen molar-refractivity contribution in [3.05, 3.63) is 28.2 Å². The number of aliphatic hydroxyl groups excluding tert-OH is 1. The number of benzene rings is 1. The highest BCUT2D eigenvalue weighted by molar-refractivity contribution is 6.42. The minimum absolute atomic E-state index is 0.147. The van der Waals surface area contributed by atoms with Gasteiger partial charge >= 0.3 is 0 Å². The highest BCUT2D eigenvalue weighted by Gasteiger charge is 2.05. The van der Waals surface area contributed by atoms with Gasteiger partial charge in [0.15, 0.2) is 0 Å². The summed E-state index contributed by atoms with van der Waals surface area (Å²) in [6.45, 7) is 0.437. The number of halogens is 2. The van der Waals surface area contributed by atoms with Gasteiger partial charge in [0.1, 0.15) is 18.5 Å². The van der Waals surface area contributed by atoms with Crippen LogP contribution in [-0.4, -0.2) is 31.5 Å². The Labute approximate surface area is 104 Å². The molecule has 90 valence electrons. The molecule has 0 fully saturated rings. The average Bonchev–Trinajstić information content (AvgIpc) is 2.28. The SMILES string of the molecule is CONCC(O)COc1ccc(Cl)c(Cl)c1. The van der Waals surface area contributed by atoms with E-state index < -0.39 is 6.10 Å². The topological polar surface area (TPSA) is 50.7 Å². The van der Waals surface area contributed by atoms with Gasteiger partial charge in [-0.25, -0.2) is 5.48 Å². The summed E-state index contributed by atoms with van der Waals surface area (Å²) in [5.74, 6) is 0.561. The first-order valence-corrected chi connectivity index (χ1v) is 5.41. The number of aliphatic hydroxyl groups is 1. The molecule has 0 aromatic heterocycles. The Morgan fingerprint density at radius 1 is 1.38 bits per heavy atom. The van der Waals surface area contributed by atoms with Gasteiger partial charge in [0.2, 0.25) is 0 Å². The van der Waals surface area contributed by atoms with Crippen molar-refractivity contribution in [2.75, 3.05) is 20.3 Å². The van der Waals surface area contributed by atoms with Crippen molar-refractivity contribution >= 4 is 23.2 Å². The normalized spacial score (nSPS) is 12.5. The predicted molar refractivity (Wildman–Crippen MR) is 63.0 cm³/mol. The van der Waals surface area contributed by atoms with Crippen molar-refractivity contribution in [1.82, 2.24) is 5.48 Å². The van der Waals surface area contributed by atoms with Crippen molar-refractivity contribution in [2.45, 2.75) is 6.10 Å². The zero-order valence-corrected chi connectivity index (χ0v) is 10.3. The molecule has 1 unspecified atom stereocenters. The molecule has 0 saturated carbocycles. The van der Waals surface area contributed by atoms with Crippen LogP contribution in [0.3, 0.4) is 0 Å². The van der Waals surface area contributed by atoms with Gasteiger partial charge in [-0.2, -0.15) is 0 Å². The molecule has 0 saturated heterocycles. The molecule has 1 rings (SSSR count). The Morgan fingerprint density at radius 3 is 2.75 bits per heavy atom. The van der Waals surface area contributed by atoms with E-state index in [-0.39, 0.29) is 13.2 Å². The van der Waals surface area contributed by atoms with Crippen LogP contribution in [0.5, 0.6) is 5.75 Å². The van der Waals surface area contributed by atoms with Crippen LogP contribution in [0.1, 0.15) is 0 Å². The first-order valence-electron chi connectivity index (χ1n) is 4.65. The van der Waals surface area contributed by atoms with Crippen molar-refractivity contribution in [1.29, 1.82) is 0 Å². The van der Waals surface area contributed by atoms with Gasteiger partial charge in [-0.3, -0.25) is 0 Å². The van der Waals surface area contributed by atoms with E-state index in [2.05, 4.69) is 10.3 Å². The van der Waals surface area contributed by atoms with Crippen LogP contribution in [0.25, 0.3) is 0 Å². The molecular weight excluding hydrogens is 253 g/mol. The van der Waals surface area contributed by atoms with E-state index in [0.717, 1.165) is 0 Å². The van der Waals surface area contributed by atoms with Crippen LogP contribution in [0, 0.1) is 0 Å². The maximum Gasteiger partial charge on any atom is 0.121 e. The van der Waals surface area contributed by atoms with Gasteiger partial charge in [-0.1, -0.05) is 23.2 Å². The molecule has 1 aromatic carbocycles. The van der Waals surface area contributed by atoms with Crippen LogP contribution in [-0.2, 0) is 4.84 Å². The molecule has 1 aromatic rings. The van der Waals surface area contributed by atoms with E-state index in [1.165, 1.54) is 7.11 Å². The lowest BCUT2D eigenvalue weighted by atomic mass is 10.3. The molecule has 2 N–H and O–H groups in total. The van der Waals surface area contributed by atoms with Crippen LogP contribution in [0.2, 0.25) is 10.0 Å². The number of rotatable bonds is 6. The van der Waals surface area contributed by atoms with Crippen molar-refractivity contribution in [3.63, 3.8) is 0 Å². The van der Waals surface area contributed by atoms with E-state index in [0.29, 0.717) is 15.8 Å². The lowest BCUT2D eigenvalue weighted by Gasteiger charge is -2.12. The fourth-order valence-electron chi connectivity index (χ4n) is 0.998. The van der Waals surface area contributed by atoms with E-state index >= 15 is 0 Å². The summed E-state index contributed by atoms with van der Waals surface area (Å²) in [6.07, 6.45) is -0.658. The molecule has 0 amide bonds. The van der Waals surface area contributed by atoms with E-state index in [4.69, 9.17) is 27.9 Å². The molecule has 16 heavy (non-hydrogen) atoms. The first-order chi connectivity index (χ1) is 7.63. The second-order valence-corrected chi connectivity index (χ2v) is 3.91. The van der Waals surface area contributed by atoms with Gasteiger partial charge in [0.25, 0.3) is 0 Å². The lowest BCUT2D eigenvalue weighted by molar-refractivity contribution is 0.0322. The minimum Gasteiger partial charge on any atom is -0.491 e. The van der Waals surface area contributed by atoms with Crippen LogP contribution < -0.4 is 10.2 Å². The third-order valence-electron chi connectivity index (χ3n) is 1.80. The Bertz CT molecular complexity index is 336. The summed E-state index contributed by atoms with van der Waals surface area (Å²) in [6, 6.07) is 4.92. The highest BCUT2D eigenvalue weighted by atomic mass is 35.5. The maximum atomic E-state index is 9.44. The molecule has 0 aliphatic rings. The second kappa shape index (κ2) is 6.93. The minimum atomic E-state index is -0.658. The summed E-state index contributed by atoms with van der Waals surface area (Å²) in [7, 11) is 1.48. The Kier molecular flexibility index (Phi) is 5.87. The van der Waals surface area contributed by atoms with E-state index in [9.17, 15) is 5.11 Å². The number of nitrogens with one attached hydrogen (secondary N) is 1. The predicted octanol–water partition coefficient (Wildman–Crippen LogP) is 1.88. The monoisotopic (exact) mass is 265 g/mol. The number of hydroxylamine groups is 1. The van der Waals surface area contributed by atoms with Gasteiger partial charge in [-0.15, -0.1) is 0 Å². The average molecular weight is 266 g/mol. The largest absolute Gasteiger partial charge is 0.491 e. The van der Waals surface area contributed by atoms with Crippen LogP contribution >= 0.6 is 23.2 Å². The summed E-state index contributed by atoms with van der Waals surface area (Å²) < 4.78 is 5.31. The number of hydrogen-bond acceptors (Lipinski definition) is 4. The Balaban J connectivity index is 2.39. The fourth-order valence-corrected chi connectivity index (χ4v) is 1.29. The fraction of sp³-hybridized carbons (Fsp3) is 0.400. The third kappa shape index (κ3) is 4.55. The van der Waals surface area contributed by atoms with Crippen LogP contribution in [0.4, 0.5) is 0 Å².